The number of nitrogens with zero attached hydrogens (tertiary/aromatic N) is 6. The first-order chi connectivity index (χ1) is 67.8. The fourth-order valence-electron chi connectivity index (χ4n) is 26.8. The van der Waals surface area contributed by atoms with E-state index in [0.717, 1.165) is 38.5 Å². The van der Waals surface area contributed by atoms with Gasteiger partial charge in [-0.15, -0.1) is 0 Å². The monoisotopic (exact) mass is 1890 g/mol. The van der Waals surface area contributed by atoms with Crippen molar-refractivity contribution in [1.29, 1.82) is 0 Å². The van der Waals surface area contributed by atoms with Crippen LogP contribution >= 0.6 is 0 Å². The highest BCUT2D eigenvalue weighted by molar-refractivity contribution is 7.01. The molecule has 8 heteroatoms. The molecule has 6 aliphatic heterocycles. The predicted molar refractivity (Wildman–Crippen MR) is 624 cm³/mol. The van der Waals surface area contributed by atoms with E-state index >= 15 is 0 Å². The maximum absolute atomic E-state index is 2.82. The predicted octanol–water partition coefficient (Wildman–Crippen LogP) is 33.8. The van der Waals surface area contributed by atoms with Crippen LogP contribution in [-0.2, 0) is 59.6 Å². The van der Waals surface area contributed by atoms with Crippen LogP contribution in [0.1, 0.15) is 326 Å². The Hall–Kier alpha value is -12.0. The normalized spacial score (nSPS) is 19.7. The van der Waals surface area contributed by atoms with Crippen LogP contribution < -0.4 is 62.2 Å². The number of fused-ring (bicyclic) bond motifs is 14. The summed E-state index contributed by atoms with van der Waals surface area (Å²) >= 11 is 0. The highest BCUT2D eigenvalue weighted by atomic mass is 15.3. The molecule has 8 aliphatic rings. The summed E-state index contributed by atoms with van der Waals surface area (Å²) in [5.74, 6) is 0. The van der Waals surface area contributed by atoms with Crippen molar-refractivity contribution in [2.24, 2.45) is 0 Å². The van der Waals surface area contributed by atoms with E-state index in [9.17, 15) is 0 Å². The van der Waals surface area contributed by atoms with Gasteiger partial charge in [0.2, 0.25) is 0 Å². The van der Waals surface area contributed by atoms with Crippen molar-refractivity contribution in [2.75, 3.05) is 29.4 Å². The smallest absolute Gasteiger partial charge is 0.252 e. The van der Waals surface area contributed by atoms with E-state index in [1.54, 1.807) is 0 Å². The van der Waals surface area contributed by atoms with E-state index in [4.69, 9.17) is 0 Å². The molecular weight excluding hydrogens is 1740 g/mol. The Balaban J connectivity index is 0.604. The van der Waals surface area contributed by atoms with Crippen molar-refractivity contribution in [3.63, 3.8) is 0 Å². The third kappa shape index (κ3) is 15.6. The molecule has 2 fully saturated rings. The lowest BCUT2D eigenvalue weighted by atomic mass is 9.33. The van der Waals surface area contributed by atoms with Gasteiger partial charge in [-0.25, -0.2) is 0 Å². The summed E-state index contributed by atoms with van der Waals surface area (Å²) in [6, 6.07) is 115. The van der Waals surface area contributed by atoms with Crippen LogP contribution in [0.15, 0.2) is 285 Å². The van der Waals surface area contributed by atoms with E-state index in [1.807, 2.05) is 0 Å². The van der Waals surface area contributed by atoms with Gasteiger partial charge in [-0.05, 0) is 351 Å². The summed E-state index contributed by atoms with van der Waals surface area (Å²) in [6.45, 7) is 70.1. The summed E-state index contributed by atoms with van der Waals surface area (Å²) in [6.07, 6.45) is 11.4. The number of hydrogen-bond acceptors (Lipinski definition) is 6. The first-order valence-electron chi connectivity index (χ1n) is 54.4. The molecule has 22 rings (SSSR count). The number of hydrogen-bond donors (Lipinski definition) is 0. The Labute approximate surface area is 864 Å². The molecule has 4 atom stereocenters. The molecule has 0 saturated heterocycles. The minimum Gasteiger partial charge on any atom is -0.334 e. The van der Waals surface area contributed by atoms with Crippen molar-refractivity contribution < 1.29 is 0 Å². The molecule has 6 nitrogen and oxygen atoms in total. The second kappa shape index (κ2) is 33.3. The van der Waals surface area contributed by atoms with Gasteiger partial charge in [0, 0.05) is 102 Å². The lowest BCUT2D eigenvalue weighted by Gasteiger charge is -2.50. The quantitative estimate of drug-likeness (QED) is 0.106. The maximum Gasteiger partial charge on any atom is 0.252 e. The van der Waals surface area contributed by atoms with Gasteiger partial charge in [0.15, 0.2) is 0 Å². The first kappa shape index (κ1) is 96.8. The number of anilines is 16. The molecule has 0 N–H and O–H groups in total. The SMILES string of the molecule is CC(C)(C)c1ccc(N2c3cc(N4c5ccc(-c6ccc(C(C)(C)CCC(C)(C)c7ccc(N8c9cc(N%10c%11ccc(-c%12ccccc%12)cc%11C%11(C)CCCCC%10%11C)ccc9B9c%10ccc(C(C)(C)C)cc%10N(c%10cccc(C(C)(C)C)c%10)c%10cc(C(C)(C)C)cc8c%109)cc7)cc6)cc5C5(C)CCCCC45C)ccc3B3c4ccc(C(C)(C)C)cc4N(c4cccc(C(C)(C)C)c4)c4cc(C(C)(C)C)cc2c43)cc1. The molecule has 0 radical (unpaired) electrons. The third-order valence-corrected chi connectivity index (χ3v) is 36.6. The second-order valence-electron chi connectivity index (χ2n) is 54.0. The highest BCUT2D eigenvalue weighted by Gasteiger charge is 2.61. The van der Waals surface area contributed by atoms with Crippen LogP contribution in [0.4, 0.5) is 91.0 Å². The Kier molecular flexibility index (Phi) is 22.4. The minimum absolute atomic E-state index is 0.0111. The highest BCUT2D eigenvalue weighted by Crippen LogP contribution is 2.65. The molecule has 4 unspecified atom stereocenters. The molecule has 0 amide bonds. The zero-order valence-electron chi connectivity index (χ0n) is 92.0. The standard InChI is InChI=1S/C136H154B2N6/c1-124(2,3)91-51-57-100(58-52-91)139-116-85-104(61-65-110(116)137-108-63-55-96(127(10,11)12)79-114(108)141(102-43-37-41-94(77-102)125(4,5)6)120-83-98(129(16,17)18)81-118(139)122(120)137)144-113-68-48-90(76-107(113)134(27)70-34-36-72-136(134,144)29)88-45-49-92(50-46-88)131(22,23)73-74-132(24,25)93-53-59-101(60-54-93)140-117-86-105(143-112-67-47-89(87-39-31-30-32-40-87)75-106(112)133(26)69-33-35-71-135(133,143)28)62-66-111(117)138-109-64-56-97(128(13,14)15)80-115(109)142(103-44-38-42-95(78-103)126(7,8)9)121-84-99(130(19,20)21)82-119(140)123(121)138/h30-32,37-68,75-86H,33-36,69-74H2,1-29H3. The summed E-state index contributed by atoms with van der Waals surface area (Å²) < 4.78 is 0. The van der Waals surface area contributed by atoms with E-state index in [2.05, 4.69) is 515 Å². The molecule has 734 valence electrons. The van der Waals surface area contributed by atoms with Crippen molar-refractivity contribution in [3.8, 4) is 22.3 Å². The molecule has 0 aromatic heterocycles. The summed E-state index contributed by atoms with van der Waals surface area (Å²) in [4.78, 5) is 16.3. The van der Waals surface area contributed by atoms with E-state index in [-0.39, 0.29) is 84.1 Å². The van der Waals surface area contributed by atoms with Gasteiger partial charge in [0.05, 0.1) is 11.1 Å². The fraction of sp³-hybridized carbons (Fsp3) is 0.382. The van der Waals surface area contributed by atoms with Crippen molar-refractivity contribution >= 4 is 137 Å². The average molecular weight is 1890 g/mol. The van der Waals surface area contributed by atoms with Gasteiger partial charge in [-0.1, -0.05) is 364 Å². The zero-order valence-corrected chi connectivity index (χ0v) is 92.0. The van der Waals surface area contributed by atoms with Crippen molar-refractivity contribution in [2.45, 2.75) is 336 Å². The van der Waals surface area contributed by atoms with E-state index in [0.29, 0.717) is 0 Å². The van der Waals surface area contributed by atoms with Gasteiger partial charge < -0.3 is 29.4 Å². The average Bonchev–Trinajstić information content (AvgIpc) is 1.51. The second-order valence-corrected chi connectivity index (χ2v) is 54.0. The molecule has 0 bridgehead atoms. The molecule has 2 aliphatic carbocycles. The van der Waals surface area contributed by atoms with Crippen LogP contribution in [0.2, 0.25) is 0 Å². The van der Waals surface area contributed by atoms with E-state index in [1.165, 1.54) is 233 Å². The van der Waals surface area contributed by atoms with Crippen LogP contribution in [-0.4, -0.2) is 24.5 Å². The lowest BCUT2D eigenvalue weighted by Crippen LogP contribution is -2.61. The molecular formula is C136H154B2N6. The van der Waals surface area contributed by atoms with E-state index < -0.39 is 0 Å². The molecule has 0 spiro atoms. The Morgan fingerprint density at radius 1 is 0.215 bits per heavy atom. The Morgan fingerprint density at radius 2 is 0.500 bits per heavy atom. The fourth-order valence-corrected chi connectivity index (χ4v) is 26.8. The van der Waals surface area contributed by atoms with Gasteiger partial charge in [-0.2, -0.15) is 0 Å². The van der Waals surface area contributed by atoms with Gasteiger partial charge in [0.1, 0.15) is 0 Å². The molecule has 14 aromatic carbocycles. The molecule has 144 heavy (non-hydrogen) atoms. The molecule has 14 aromatic rings. The van der Waals surface area contributed by atoms with Gasteiger partial charge in [0.25, 0.3) is 13.4 Å². The summed E-state index contributed by atoms with van der Waals surface area (Å²) in [7, 11) is 0. The van der Waals surface area contributed by atoms with Crippen LogP contribution in [0, 0.1) is 0 Å². The third-order valence-electron chi connectivity index (χ3n) is 36.6. The Bertz CT molecular complexity index is 7470. The van der Waals surface area contributed by atoms with Gasteiger partial charge in [-0.3, -0.25) is 0 Å². The number of benzene rings is 14. The van der Waals surface area contributed by atoms with Crippen LogP contribution in [0.5, 0.6) is 0 Å². The summed E-state index contributed by atoms with van der Waals surface area (Å²) in [5.41, 5.74) is 46.8. The van der Waals surface area contributed by atoms with Gasteiger partial charge >= 0.3 is 0 Å². The molecule has 6 heterocycles. The minimum atomic E-state index is -0.194. The number of rotatable bonds is 13. The zero-order chi connectivity index (χ0) is 102. The molecule has 2 saturated carbocycles. The van der Waals surface area contributed by atoms with Crippen LogP contribution in [0.25, 0.3) is 22.3 Å². The van der Waals surface area contributed by atoms with Crippen molar-refractivity contribution in [3.05, 3.63) is 346 Å². The lowest BCUT2D eigenvalue weighted by molar-refractivity contribution is 0.195. The Morgan fingerprint density at radius 3 is 0.861 bits per heavy atom. The maximum atomic E-state index is 2.82. The summed E-state index contributed by atoms with van der Waals surface area (Å²) in [5, 5.41) is 0. The van der Waals surface area contributed by atoms with Crippen molar-refractivity contribution in [1.82, 2.24) is 0 Å². The first-order valence-corrected chi connectivity index (χ1v) is 54.4. The van der Waals surface area contributed by atoms with Crippen LogP contribution in [0.3, 0.4) is 0 Å². The largest absolute Gasteiger partial charge is 0.334 e. The topological polar surface area (TPSA) is 19.4 Å².